The van der Waals surface area contributed by atoms with Crippen molar-refractivity contribution in [2.45, 2.75) is 82.6 Å². The van der Waals surface area contributed by atoms with Crippen LogP contribution in [0.25, 0.3) is 10.9 Å². The van der Waals surface area contributed by atoms with Crippen molar-refractivity contribution in [1.82, 2.24) is 14.0 Å². The zero-order chi connectivity index (χ0) is 28.7. The molecule has 0 spiro atoms. The van der Waals surface area contributed by atoms with Crippen LogP contribution in [-0.4, -0.2) is 39.8 Å². The Hall–Kier alpha value is -3.19. The van der Waals surface area contributed by atoms with Crippen molar-refractivity contribution in [3.05, 3.63) is 117 Å². The lowest BCUT2D eigenvalue weighted by Crippen LogP contribution is -2.43. The SMILES string of the molecule is Cl.O=c1c2ccccc2n(CCCCN2CCC(OC(c3ccccc3)c3ccccc3)CC2)c(=O)n1C1CCCCC1. The van der Waals surface area contributed by atoms with Gasteiger partial charge in [-0.05, 0) is 68.3 Å². The fourth-order valence-corrected chi connectivity index (χ4v) is 6.89. The number of aromatic nitrogens is 2. The summed E-state index contributed by atoms with van der Waals surface area (Å²) in [5, 5.41) is 0.661. The molecule has 1 aromatic heterocycles. The minimum atomic E-state index is -0.130. The van der Waals surface area contributed by atoms with E-state index >= 15 is 0 Å². The molecule has 1 saturated heterocycles. The number of rotatable bonds is 10. The molecule has 228 valence electrons. The summed E-state index contributed by atoms with van der Waals surface area (Å²) in [5.74, 6) is 0. The van der Waals surface area contributed by atoms with Crippen LogP contribution in [0.2, 0.25) is 0 Å². The van der Waals surface area contributed by atoms with Gasteiger partial charge in [-0.1, -0.05) is 92.1 Å². The smallest absolute Gasteiger partial charge is 0.331 e. The van der Waals surface area contributed by atoms with Crippen LogP contribution >= 0.6 is 12.4 Å². The lowest BCUT2D eigenvalue weighted by Gasteiger charge is -2.34. The second-order valence-electron chi connectivity index (χ2n) is 12.0. The number of fused-ring (bicyclic) bond motifs is 1. The van der Waals surface area contributed by atoms with Gasteiger partial charge < -0.3 is 9.64 Å². The maximum atomic E-state index is 13.6. The molecule has 0 N–H and O–H groups in total. The van der Waals surface area contributed by atoms with Gasteiger partial charge in [0.1, 0.15) is 6.10 Å². The van der Waals surface area contributed by atoms with Crippen molar-refractivity contribution in [2.24, 2.45) is 0 Å². The highest BCUT2D eigenvalue weighted by Gasteiger charge is 2.25. The van der Waals surface area contributed by atoms with Gasteiger partial charge >= 0.3 is 5.69 Å². The highest BCUT2D eigenvalue weighted by molar-refractivity contribution is 5.85. The first-order valence-corrected chi connectivity index (χ1v) is 15.9. The highest BCUT2D eigenvalue weighted by atomic mass is 35.5. The van der Waals surface area contributed by atoms with E-state index in [9.17, 15) is 9.59 Å². The molecule has 1 aliphatic carbocycles. The molecule has 0 unspecified atom stereocenters. The van der Waals surface area contributed by atoms with Gasteiger partial charge in [-0.2, -0.15) is 0 Å². The fourth-order valence-electron chi connectivity index (χ4n) is 6.89. The van der Waals surface area contributed by atoms with Crippen LogP contribution in [0.4, 0.5) is 0 Å². The third kappa shape index (κ3) is 7.31. The zero-order valence-electron chi connectivity index (χ0n) is 25.0. The number of nitrogens with zero attached hydrogens (tertiary/aromatic N) is 3. The molecule has 6 nitrogen and oxygen atoms in total. The maximum Gasteiger partial charge on any atom is 0.331 e. The zero-order valence-corrected chi connectivity index (χ0v) is 25.8. The number of unbranched alkanes of at least 4 members (excludes halogenated alkanes) is 1. The summed E-state index contributed by atoms with van der Waals surface area (Å²) in [6, 6.07) is 28.7. The molecular weight excluding hydrogens is 558 g/mol. The van der Waals surface area contributed by atoms with E-state index in [1.54, 1.807) is 4.57 Å². The van der Waals surface area contributed by atoms with Crippen LogP contribution < -0.4 is 11.2 Å². The fraction of sp³-hybridized carbons (Fsp3) is 0.444. The van der Waals surface area contributed by atoms with E-state index in [0.717, 1.165) is 76.5 Å². The third-order valence-electron chi connectivity index (χ3n) is 9.19. The van der Waals surface area contributed by atoms with E-state index in [1.165, 1.54) is 17.5 Å². The summed E-state index contributed by atoms with van der Waals surface area (Å²) in [5.41, 5.74) is 2.91. The average Bonchev–Trinajstić information content (AvgIpc) is 3.05. The first-order chi connectivity index (χ1) is 20.7. The Labute approximate surface area is 260 Å². The van der Waals surface area contributed by atoms with Crippen molar-refractivity contribution in [1.29, 1.82) is 0 Å². The number of piperidine rings is 1. The average molecular weight is 602 g/mol. The number of hydrogen-bond acceptors (Lipinski definition) is 4. The van der Waals surface area contributed by atoms with E-state index in [1.807, 2.05) is 28.8 Å². The number of para-hydroxylation sites is 1. The summed E-state index contributed by atoms with van der Waals surface area (Å²) in [6.45, 7) is 3.71. The number of likely N-dealkylation sites (tertiary alicyclic amines) is 1. The molecule has 0 atom stereocenters. The van der Waals surface area contributed by atoms with Crippen LogP contribution in [0.3, 0.4) is 0 Å². The maximum absolute atomic E-state index is 13.6. The van der Waals surface area contributed by atoms with E-state index < -0.39 is 0 Å². The lowest BCUT2D eigenvalue weighted by molar-refractivity contribution is -0.0271. The molecule has 0 radical (unpaired) electrons. The number of aryl methyl sites for hydroxylation is 1. The molecule has 2 aliphatic rings. The summed E-state index contributed by atoms with van der Waals surface area (Å²) >= 11 is 0. The topological polar surface area (TPSA) is 56.5 Å². The Morgan fingerprint density at radius 2 is 1.28 bits per heavy atom. The first-order valence-electron chi connectivity index (χ1n) is 15.9. The molecule has 43 heavy (non-hydrogen) atoms. The number of hydrogen-bond donors (Lipinski definition) is 0. The van der Waals surface area contributed by atoms with E-state index in [2.05, 4.69) is 65.6 Å². The molecule has 1 aliphatic heterocycles. The van der Waals surface area contributed by atoms with Crippen molar-refractivity contribution < 1.29 is 4.74 Å². The van der Waals surface area contributed by atoms with Gasteiger partial charge in [0.25, 0.3) is 5.56 Å². The molecule has 0 amide bonds. The number of ether oxygens (including phenoxy) is 1. The Morgan fingerprint density at radius 1 is 0.698 bits per heavy atom. The first kappa shape index (κ1) is 31.2. The normalized spacial score (nSPS) is 16.9. The Bertz CT molecular complexity index is 1520. The molecule has 2 fully saturated rings. The van der Waals surface area contributed by atoms with Gasteiger partial charge in [0, 0.05) is 25.7 Å². The summed E-state index contributed by atoms with van der Waals surface area (Å²) in [6.07, 6.45) is 9.37. The molecule has 7 heteroatoms. The molecule has 3 aromatic carbocycles. The second-order valence-corrected chi connectivity index (χ2v) is 12.0. The molecule has 0 bridgehead atoms. The molecule has 2 heterocycles. The largest absolute Gasteiger partial charge is 0.365 e. The predicted molar refractivity (Wildman–Crippen MR) is 176 cm³/mol. The van der Waals surface area contributed by atoms with Gasteiger partial charge in [0.15, 0.2) is 0 Å². The predicted octanol–water partition coefficient (Wildman–Crippen LogP) is 7.14. The Balaban J connectivity index is 0.00000368. The van der Waals surface area contributed by atoms with Crippen molar-refractivity contribution in [3.8, 4) is 0 Å². The van der Waals surface area contributed by atoms with Gasteiger partial charge in [0.05, 0.1) is 17.0 Å². The quantitative estimate of drug-likeness (QED) is 0.181. The Kier molecular flexibility index (Phi) is 10.9. The molecule has 6 rings (SSSR count). The van der Waals surface area contributed by atoms with Crippen LogP contribution in [0.15, 0.2) is 94.5 Å². The summed E-state index contributed by atoms with van der Waals surface area (Å²) in [7, 11) is 0. The molecule has 4 aromatic rings. The number of halogens is 1. The minimum absolute atomic E-state index is 0. The Morgan fingerprint density at radius 3 is 1.93 bits per heavy atom. The molecule has 1 saturated carbocycles. The van der Waals surface area contributed by atoms with Gasteiger partial charge in [0.2, 0.25) is 0 Å². The van der Waals surface area contributed by atoms with Gasteiger partial charge in [-0.25, -0.2) is 4.79 Å². The van der Waals surface area contributed by atoms with E-state index in [4.69, 9.17) is 4.74 Å². The third-order valence-corrected chi connectivity index (χ3v) is 9.19. The lowest BCUT2D eigenvalue weighted by atomic mass is 9.95. The van der Waals surface area contributed by atoms with Crippen molar-refractivity contribution >= 4 is 23.3 Å². The number of benzene rings is 3. The minimum Gasteiger partial charge on any atom is -0.365 e. The van der Waals surface area contributed by atoms with Gasteiger partial charge in [-0.15, -0.1) is 12.4 Å². The van der Waals surface area contributed by atoms with Crippen molar-refractivity contribution in [3.63, 3.8) is 0 Å². The van der Waals surface area contributed by atoms with Crippen LogP contribution in [0.1, 0.15) is 81.1 Å². The van der Waals surface area contributed by atoms with Crippen LogP contribution in [-0.2, 0) is 11.3 Å². The van der Waals surface area contributed by atoms with Crippen LogP contribution in [0.5, 0.6) is 0 Å². The highest BCUT2D eigenvalue weighted by Crippen LogP contribution is 2.30. The van der Waals surface area contributed by atoms with E-state index in [-0.39, 0.29) is 41.9 Å². The summed E-state index contributed by atoms with van der Waals surface area (Å²) < 4.78 is 10.2. The van der Waals surface area contributed by atoms with Gasteiger partial charge in [-0.3, -0.25) is 13.9 Å². The molecular formula is C36H44ClN3O3. The van der Waals surface area contributed by atoms with Crippen LogP contribution in [0, 0.1) is 0 Å². The summed E-state index contributed by atoms with van der Waals surface area (Å²) in [4.78, 5) is 29.5. The van der Waals surface area contributed by atoms with Crippen molar-refractivity contribution in [2.75, 3.05) is 19.6 Å². The van der Waals surface area contributed by atoms with E-state index in [0.29, 0.717) is 11.9 Å². The second kappa shape index (κ2) is 15.0. The monoisotopic (exact) mass is 601 g/mol. The standard InChI is InChI=1S/C36H43N3O3.ClH/c40-35-32-20-10-11-21-33(32)38(36(41)39(35)30-18-8-3-9-19-30)25-13-12-24-37-26-22-31(23-27-37)42-34(28-14-4-1-5-15-28)29-16-6-2-7-17-29;/h1-2,4-7,10-11,14-17,20-21,30-31,34H,3,8-9,12-13,18-19,22-27H2;1H.